The Hall–Kier alpha value is -2.30. The molecular weight excluding hydrogens is 254 g/mol. The van der Waals surface area contributed by atoms with Crippen LogP contribution in [0.4, 0.5) is 5.69 Å². The Morgan fingerprint density at radius 1 is 1.35 bits per heavy atom. The number of aryl methyl sites for hydroxylation is 1. The number of fused-ring (bicyclic) bond motifs is 1. The number of pyridine rings is 1. The van der Waals surface area contributed by atoms with Crippen molar-refractivity contribution in [1.82, 2.24) is 10.3 Å². The second kappa shape index (κ2) is 5.00. The molecule has 0 aliphatic carbocycles. The van der Waals surface area contributed by atoms with Crippen LogP contribution in [0.15, 0.2) is 24.3 Å². The average molecular weight is 271 g/mol. The molecule has 5 heteroatoms. The summed E-state index contributed by atoms with van der Waals surface area (Å²) in [6.45, 7) is 3.83. The number of piperazine rings is 1. The van der Waals surface area contributed by atoms with Gasteiger partial charge in [0.1, 0.15) is 5.75 Å². The molecule has 0 spiro atoms. The molecule has 20 heavy (non-hydrogen) atoms. The van der Waals surface area contributed by atoms with Gasteiger partial charge in [0.2, 0.25) is 5.91 Å². The zero-order valence-electron chi connectivity index (χ0n) is 11.6. The highest BCUT2D eigenvalue weighted by atomic mass is 16.5. The maximum Gasteiger partial charge on any atom is 0.239 e. The van der Waals surface area contributed by atoms with Gasteiger partial charge in [0.15, 0.2) is 0 Å². The first-order valence-corrected chi connectivity index (χ1v) is 6.64. The Morgan fingerprint density at radius 3 is 2.95 bits per heavy atom. The number of nitrogens with zero attached hydrogens (tertiary/aromatic N) is 2. The van der Waals surface area contributed by atoms with Crippen molar-refractivity contribution in [3.63, 3.8) is 0 Å². The molecule has 1 saturated heterocycles. The van der Waals surface area contributed by atoms with E-state index in [-0.39, 0.29) is 5.91 Å². The molecule has 1 aliphatic rings. The van der Waals surface area contributed by atoms with Crippen LogP contribution in [0.3, 0.4) is 0 Å². The fourth-order valence-corrected chi connectivity index (χ4v) is 2.55. The molecule has 0 bridgehead atoms. The maximum absolute atomic E-state index is 11.6. The minimum absolute atomic E-state index is 0.0572. The quantitative estimate of drug-likeness (QED) is 0.899. The summed E-state index contributed by atoms with van der Waals surface area (Å²) >= 11 is 0. The van der Waals surface area contributed by atoms with Gasteiger partial charge in [-0.1, -0.05) is 0 Å². The lowest BCUT2D eigenvalue weighted by Gasteiger charge is -2.29. The van der Waals surface area contributed by atoms with Gasteiger partial charge in [-0.25, -0.2) is 0 Å². The molecule has 0 saturated carbocycles. The van der Waals surface area contributed by atoms with Crippen LogP contribution in [0.5, 0.6) is 5.75 Å². The van der Waals surface area contributed by atoms with Gasteiger partial charge in [-0.15, -0.1) is 0 Å². The molecule has 1 aromatic carbocycles. The van der Waals surface area contributed by atoms with E-state index < -0.39 is 0 Å². The van der Waals surface area contributed by atoms with Crippen LogP contribution in [0, 0.1) is 6.92 Å². The maximum atomic E-state index is 11.6. The molecule has 1 N–H and O–H groups in total. The number of anilines is 1. The molecular formula is C15H17N3O2. The van der Waals surface area contributed by atoms with E-state index in [1.807, 2.05) is 31.2 Å². The van der Waals surface area contributed by atoms with Gasteiger partial charge >= 0.3 is 0 Å². The molecule has 0 unspecified atom stereocenters. The Bertz CT molecular complexity index is 669. The monoisotopic (exact) mass is 271 g/mol. The average Bonchev–Trinajstić information content (AvgIpc) is 2.46. The number of aromatic nitrogens is 1. The zero-order chi connectivity index (χ0) is 14.1. The summed E-state index contributed by atoms with van der Waals surface area (Å²) in [6.07, 6.45) is 0. The van der Waals surface area contributed by atoms with Crippen molar-refractivity contribution in [1.29, 1.82) is 0 Å². The molecule has 1 fully saturated rings. The Morgan fingerprint density at radius 2 is 2.20 bits per heavy atom. The topological polar surface area (TPSA) is 54.5 Å². The van der Waals surface area contributed by atoms with Crippen molar-refractivity contribution in [2.24, 2.45) is 0 Å². The van der Waals surface area contributed by atoms with Crippen molar-refractivity contribution < 1.29 is 9.53 Å². The van der Waals surface area contributed by atoms with E-state index >= 15 is 0 Å². The van der Waals surface area contributed by atoms with Crippen LogP contribution < -0.4 is 15.0 Å². The first-order valence-electron chi connectivity index (χ1n) is 6.64. The van der Waals surface area contributed by atoms with E-state index in [1.54, 1.807) is 7.11 Å². The second-order valence-electron chi connectivity index (χ2n) is 4.94. The standard InChI is InChI=1S/C15H17N3O2/c1-10-7-14(18-6-5-16-15(19)9-18)12-8-11(20-2)3-4-13(12)17-10/h3-4,7-8H,5-6,9H2,1-2H3,(H,16,19). The zero-order valence-corrected chi connectivity index (χ0v) is 11.6. The van der Waals surface area contributed by atoms with Crippen molar-refractivity contribution in [2.45, 2.75) is 6.92 Å². The lowest BCUT2D eigenvalue weighted by molar-refractivity contribution is -0.120. The van der Waals surface area contributed by atoms with Gasteiger partial charge in [-0.05, 0) is 31.2 Å². The van der Waals surface area contributed by atoms with Crippen LogP contribution in [0.1, 0.15) is 5.69 Å². The van der Waals surface area contributed by atoms with E-state index in [4.69, 9.17) is 4.74 Å². The highest BCUT2D eigenvalue weighted by Gasteiger charge is 2.19. The minimum Gasteiger partial charge on any atom is -0.497 e. The number of nitrogens with one attached hydrogen (secondary N) is 1. The number of hydrogen-bond donors (Lipinski definition) is 1. The second-order valence-corrected chi connectivity index (χ2v) is 4.94. The molecule has 1 aromatic heterocycles. The lowest BCUT2D eigenvalue weighted by Crippen LogP contribution is -2.47. The van der Waals surface area contributed by atoms with Gasteiger partial charge in [0.05, 0.1) is 19.2 Å². The number of rotatable bonds is 2. The fourth-order valence-electron chi connectivity index (χ4n) is 2.55. The van der Waals surface area contributed by atoms with Gasteiger partial charge < -0.3 is 15.0 Å². The molecule has 104 valence electrons. The van der Waals surface area contributed by atoms with Crippen LogP contribution in [0.25, 0.3) is 10.9 Å². The van der Waals surface area contributed by atoms with Gasteiger partial charge in [-0.3, -0.25) is 9.78 Å². The molecule has 5 nitrogen and oxygen atoms in total. The van der Waals surface area contributed by atoms with Crippen molar-refractivity contribution >= 4 is 22.5 Å². The third-order valence-electron chi connectivity index (χ3n) is 3.50. The van der Waals surface area contributed by atoms with Gasteiger partial charge in [-0.2, -0.15) is 0 Å². The summed E-state index contributed by atoms with van der Waals surface area (Å²) in [5, 5.41) is 3.86. The Labute approximate surface area is 117 Å². The Balaban J connectivity index is 2.14. The first-order chi connectivity index (χ1) is 9.67. The number of amides is 1. The van der Waals surface area contributed by atoms with Gasteiger partial charge in [0, 0.05) is 29.9 Å². The predicted molar refractivity (Wildman–Crippen MR) is 78.3 cm³/mol. The van der Waals surface area contributed by atoms with Crippen molar-refractivity contribution in [2.75, 3.05) is 31.6 Å². The van der Waals surface area contributed by atoms with Crippen molar-refractivity contribution in [3.8, 4) is 5.75 Å². The molecule has 3 rings (SSSR count). The smallest absolute Gasteiger partial charge is 0.239 e. The molecule has 0 radical (unpaired) electrons. The predicted octanol–water partition coefficient (Wildman–Crippen LogP) is 1.49. The number of hydrogen-bond acceptors (Lipinski definition) is 4. The van der Waals surface area contributed by atoms with Crippen LogP contribution >= 0.6 is 0 Å². The Kier molecular flexibility index (Phi) is 3.18. The number of ether oxygens (including phenoxy) is 1. The van der Waals surface area contributed by atoms with Crippen LogP contribution in [-0.2, 0) is 4.79 Å². The third kappa shape index (κ3) is 2.27. The lowest BCUT2D eigenvalue weighted by atomic mass is 10.1. The largest absolute Gasteiger partial charge is 0.497 e. The summed E-state index contributed by atoms with van der Waals surface area (Å²) in [4.78, 5) is 18.2. The van der Waals surface area contributed by atoms with E-state index in [0.717, 1.165) is 34.6 Å². The summed E-state index contributed by atoms with van der Waals surface area (Å²) in [5.41, 5.74) is 2.91. The number of carbonyl (C=O) groups excluding carboxylic acids is 1. The van der Waals surface area contributed by atoms with E-state index in [9.17, 15) is 4.79 Å². The summed E-state index contributed by atoms with van der Waals surface area (Å²) < 4.78 is 5.29. The third-order valence-corrected chi connectivity index (χ3v) is 3.50. The SMILES string of the molecule is COc1ccc2nc(C)cc(N3CCNC(=O)C3)c2c1. The summed E-state index contributed by atoms with van der Waals surface area (Å²) in [7, 11) is 1.65. The minimum atomic E-state index is 0.0572. The van der Waals surface area contributed by atoms with Crippen LogP contribution in [0.2, 0.25) is 0 Å². The number of methoxy groups -OCH3 is 1. The molecule has 2 heterocycles. The van der Waals surface area contributed by atoms with E-state index in [0.29, 0.717) is 13.1 Å². The summed E-state index contributed by atoms with van der Waals surface area (Å²) in [5.74, 6) is 0.854. The molecule has 0 atom stereocenters. The molecule has 2 aromatic rings. The van der Waals surface area contributed by atoms with Gasteiger partial charge in [0.25, 0.3) is 0 Å². The molecule has 1 amide bonds. The van der Waals surface area contributed by atoms with E-state index in [1.165, 1.54) is 0 Å². The highest BCUT2D eigenvalue weighted by Crippen LogP contribution is 2.30. The van der Waals surface area contributed by atoms with Crippen LogP contribution in [-0.4, -0.2) is 37.6 Å². The molecule has 1 aliphatic heterocycles. The number of benzene rings is 1. The summed E-state index contributed by atoms with van der Waals surface area (Å²) in [6, 6.07) is 7.86. The van der Waals surface area contributed by atoms with Crippen molar-refractivity contribution in [3.05, 3.63) is 30.0 Å². The fraction of sp³-hybridized carbons (Fsp3) is 0.333. The highest BCUT2D eigenvalue weighted by molar-refractivity contribution is 5.95. The first kappa shape index (κ1) is 12.7. The number of carbonyl (C=O) groups is 1. The normalized spacial score (nSPS) is 15.3. The van der Waals surface area contributed by atoms with E-state index in [2.05, 4.69) is 15.2 Å².